The molecule has 43 heavy (non-hydrogen) atoms. The lowest BCUT2D eigenvalue weighted by Gasteiger charge is -2.25. The molecule has 0 fully saturated rings. The van der Waals surface area contributed by atoms with Crippen molar-refractivity contribution in [3.8, 4) is 5.75 Å². The molecule has 0 radical (unpaired) electrons. The Hall–Kier alpha value is -4.24. The van der Waals surface area contributed by atoms with Crippen LogP contribution >= 0.6 is 0 Å². The van der Waals surface area contributed by atoms with Gasteiger partial charge < -0.3 is 47.6 Å². The summed E-state index contributed by atoms with van der Waals surface area (Å²) in [6.45, 7) is 6.82. The predicted octanol–water partition coefficient (Wildman–Crippen LogP) is -1.88. The van der Waals surface area contributed by atoms with Crippen LogP contribution in [0.5, 0.6) is 5.75 Å². The van der Waals surface area contributed by atoms with Crippen LogP contribution in [0.2, 0.25) is 0 Å². The average molecular weight is 609 g/mol. The number of carbonyl (C=O) groups excluding carboxylic acids is 5. The molecule has 1 aromatic carbocycles. The molecule has 5 amide bonds. The summed E-state index contributed by atoms with van der Waals surface area (Å²) in [6, 6.07) is -0.0833. The maximum absolute atomic E-state index is 13.1. The summed E-state index contributed by atoms with van der Waals surface area (Å²) in [7, 11) is 0. The summed E-state index contributed by atoms with van der Waals surface area (Å²) < 4.78 is 0. The van der Waals surface area contributed by atoms with Crippen LogP contribution in [0.25, 0.3) is 0 Å². The Bertz CT molecular complexity index is 1130. The number of phenols is 1. The van der Waals surface area contributed by atoms with E-state index in [0.29, 0.717) is 12.0 Å². The number of carboxylic acids is 1. The van der Waals surface area contributed by atoms with Gasteiger partial charge in [0.15, 0.2) is 0 Å². The second-order valence-electron chi connectivity index (χ2n) is 10.7. The Morgan fingerprint density at radius 2 is 1.40 bits per heavy atom. The van der Waals surface area contributed by atoms with Crippen LogP contribution in [0.1, 0.15) is 46.6 Å². The standard InChI is InChI=1S/C28H44N6O9/c1-6-15(4)23(27(41)31-16(5)28(42)43)34-21(37)12-30-24(38)19(11-17-7-9-18(36)10-8-17)32-25(39)20(13-35)33-26(40)22(29)14(2)3/h7-10,14-16,19-20,22-23,35-36H,6,11-13,29H2,1-5H3,(H,30,38)(H,31,41)(H,32,39)(H,33,40)(H,34,37)(H,42,43). The van der Waals surface area contributed by atoms with Crippen molar-refractivity contribution in [1.82, 2.24) is 26.6 Å². The van der Waals surface area contributed by atoms with E-state index in [9.17, 15) is 39.0 Å². The van der Waals surface area contributed by atoms with E-state index in [1.165, 1.54) is 31.2 Å². The van der Waals surface area contributed by atoms with Crippen molar-refractivity contribution < 1.29 is 44.1 Å². The van der Waals surface area contributed by atoms with Gasteiger partial charge in [-0.05, 0) is 36.5 Å². The number of benzene rings is 1. The maximum atomic E-state index is 13.1. The highest BCUT2D eigenvalue weighted by atomic mass is 16.4. The van der Waals surface area contributed by atoms with E-state index in [4.69, 9.17) is 10.8 Å². The summed E-state index contributed by atoms with van der Waals surface area (Å²) in [5.41, 5.74) is 6.35. The lowest BCUT2D eigenvalue weighted by Crippen LogP contribution is -2.58. The van der Waals surface area contributed by atoms with E-state index in [2.05, 4.69) is 26.6 Å². The molecule has 15 heteroatoms. The van der Waals surface area contributed by atoms with E-state index < -0.39 is 78.9 Å². The van der Waals surface area contributed by atoms with Crippen molar-refractivity contribution in [3.63, 3.8) is 0 Å². The molecular weight excluding hydrogens is 564 g/mol. The van der Waals surface area contributed by atoms with Crippen LogP contribution in [0.3, 0.4) is 0 Å². The van der Waals surface area contributed by atoms with E-state index >= 15 is 0 Å². The first-order valence-electron chi connectivity index (χ1n) is 14.0. The third-order valence-corrected chi connectivity index (χ3v) is 6.81. The normalized spacial score (nSPS) is 15.2. The number of aliphatic carboxylic acids is 1. The molecule has 15 nitrogen and oxygen atoms in total. The minimum Gasteiger partial charge on any atom is -0.508 e. The number of hydrogen-bond acceptors (Lipinski definition) is 9. The SMILES string of the molecule is CCC(C)C(NC(=O)CNC(=O)C(Cc1ccc(O)cc1)NC(=O)C(CO)NC(=O)C(N)C(C)C)C(=O)NC(C)C(=O)O. The average Bonchev–Trinajstić information content (AvgIpc) is 2.96. The number of carbonyl (C=O) groups is 6. The number of nitrogens with one attached hydrogen (secondary N) is 5. The summed E-state index contributed by atoms with van der Waals surface area (Å²) >= 11 is 0. The first kappa shape index (κ1) is 36.8. The van der Waals surface area contributed by atoms with E-state index in [1.807, 2.05) is 0 Å². The van der Waals surface area contributed by atoms with Gasteiger partial charge in [-0.15, -0.1) is 0 Å². The Morgan fingerprint density at radius 1 is 0.814 bits per heavy atom. The fourth-order valence-corrected chi connectivity index (χ4v) is 3.70. The van der Waals surface area contributed by atoms with E-state index in [1.54, 1.807) is 27.7 Å². The molecule has 0 aliphatic carbocycles. The number of phenolic OH excluding ortho intramolecular Hbond substituents is 1. The van der Waals surface area contributed by atoms with Crippen molar-refractivity contribution in [2.45, 2.75) is 77.7 Å². The van der Waals surface area contributed by atoms with Gasteiger partial charge in [-0.3, -0.25) is 28.8 Å². The highest BCUT2D eigenvalue weighted by molar-refractivity contribution is 5.95. The molecule has 0 aromatic heterocycles. The van der Waals surface area contributed by atoms with Crippen LogP contribution in [0.15, 0.2) is 24.3 Å². The van der Waals surface area contributed by atoms with Gasteiger partial charge in [0.25, 0.3) is 0 Å². The van der Waals surface area contributed by atoms with Crippen molar-refractivity contribution >= 4 is 35.5 Å². The number of carboxylic acid groups (broad SMARTS) is 1. The molecule has 1 aromatic rings. The highest BCUT2D eigenvalue weighted by Crippen LogP contribution is 2.12. The van der Waals surface area contributed by atoms with Gasteiger partial charge in [-0.2, -0.15) is 0 Å². The van der Waals surface area contributed by atoms with E-state index in [0.717, 1.165) is 0 Å². The number of aliphatic hydroxyl groups excluding tert-OH is 1. The number of hydrogen-bond donors (Lipinski definition) is 9. The molecule has 0 heterocycles. The fraction of sp³-hybridized carbons (Fsp3) is 0.571. The molecule has 6 atom stereocenters. The lowest BCUT2D eigenvalue weighted by atomic mass is 9.98. The second kappa shape index (κ2) is 17.7. The highest BCUT2D eigenvalue weighted by Gasteiger charge is 2.31. The second-order valence-corrected chi connectivity index (χ2v) is 10.7. The van der Waals surface area contributed by atoms with Crippen LogP contribution in [0.4, 0.5) is 0 Å². The third kappa shape index (κ3) is 12.3. The van der Waals surface area contributed by atoms with E-state index in [-0.39, 0.29) is 24.0 Å². The third-order valence-electron chi connectivity index (χ3n) is 6.81. The molecule has 240 valence electrons. The molecule has 0 spiro atoms. The molecule has 6 unspecified atom stereocenters. The number of amides is 5. The molecular formula is C28H44N6O9. The first-order chi connectivity index (χ1) is 20.1. The Balaban J connectivity index is 3.02. The lowest BCUT2D eigenvalue weighted by molar-refractivity contribution is -0.142. The van der Waals surface area contributed by atoms with Gasteiger partial charge in [0, 0.05) is 6.42 Å². The van der Waals surface area contributed by atoms with Crippen LogP contribution in [0, 0.1) is 11.8 Å². The molecule has 0 aliphatic rings. The summed E-state index contributed by atoms with van der Waals surface area (Å²) in [5, 5.41) is 40.4. The van der Waals surface area contributed by atoms with Gasteiger partial charge >= 0.3 is 5.97 Å². The molecule has 0 saturated carbocycles. The molecule has 0 bridgehead atoms. The zero-order valence-electron chi connectivity index (χ0n) is 25.0. The summed E-state index contributed by atoms with van der Waals surface area (Å²) in [6.07, 6.45) is 0.402. The van der Waals surface area contributed by atoms with Crippen molar-refractivity contribution in [2.24, 2.45) is 17.6 Å². The zero-order valence-corrected chi connectivity index (χ0v) is 25.0. The Kier molecular flexibility index (Phi) is 15.1. The topological polar surface area (TPSA) is 249 Å². The van der Waals surface area contributed by atoms with Crippen LogP contribution in [-0.2, 0) is 35.2 Å². The maximum Gasteiger partial charge on any atom is 0.325 e. The molecule has 0 aliphatic heterocycles. The van der Waals surface area contributed by atoms with Crippen molar-refractivity contribution in [2.75, 3.05) is 13.2 Å². The quantitative estimate of drug-likeness (QED) is 0.0951. The number of aliphatic hydroxyl groups is 1. The number of nitrogens with two attached hydrogens (primary N) is 1. The smallest absolute Gasteiger partial charge is 0.325 e. The van der Waals surface area contributed by atoms with Gasteiger partial charge in [0.05, 0.1) is 19.2 Å². The summed E-state index contributed by atoms with van der Waals surface area (Å²) in [4.78, 5) is 74.9. The predicted molar refractivity (Wildman–Crippen MR) is 155 cm³/mol. The monoisotopic (exact) mass is 608 g/mol. The number of aromatic hydroxyl groups is 1. The minimum absolute atomic E-state index is 0.0207. The van der Waals surface area contributed by atoms with Gasteiger partial charge in [-0.1, -0.05) is 46.2 Å². The zero-order chi connectivity index (χ0) is 32.9. The van der Waals surface area contributed by atoms with Crippen LogP contribution in [-0.4, -0.2) is 94.2 Å². The van der Waals surface area contributed by atoms with Gasteiger partial charge in [0.1, 0.15) is 29.9 Å². The molecule has 1 rings (SSSR count). The number of rotatable bonds is 17. The van der Waals surface area contributed by atoms with Gasteiger partial charge in [0.2, 0.25) is 29.5 Å². The molecule has 10 N–H and O–H groups in total. The van der Waals surface area contributed by atoms with Gasteiger partial charge in [-0.25, -0.2) is 0 Å². The Labute approximate surface area is 250 Å². The van der Waals surface area contributed by atoms with Crippen molar-refractivity contribution in [1.29, 1.82) is 0 Å². The minimum atomic E-state index is -1.42. The largest absolute Gasteiger partial charge is 0.508 e. The van der Waals surface area contributed by atoms with Crippen LogP contribution < -0.4 is 32.3 Å². The van der Waals surface area contributed by atoms with Crippen molar-refractivity contribution in [3.05, 3.63) is 29.8 Å². The Morgan fingerprint density at radius 3 is 1.91 bits per heavy atom. The summed E-state index contributed by atoms with van der Waals surface area (Å²) in [5.74, 6) is -5.65. The fourth-order valence-electron chi connectivity index (χ4n) is 3.70. The molecule has 0 saturated heterocycles. The first-order valence-corrected chi connectivity index (χ1v) is 14.0.